The van der Waals surface area contributed by atoms with Gasteiger partial charge in [0.15, 0.2) is 0 Å². The Morgan fingerprint density at radius 1 is 1.44 bits per heavy atom. The van der Waals surface area contributed by atoms with E-state index in [2.05, 4.69) is 23.0 Å². The first-order chi connectivity index (χ1) is 7.68. The minimum Gasteiger partial charge on any atom is -0.389 e. The van der Waals surface area contributed by atoms with Crippen LogP contribution in [0.1, 0.15) is 31.2 Å². The Hall–Kier alpha value is -0.930. The molecule has 16 heavy (non-hydrogen) atoms. The maximum atomic E-state index is 10.3. The van der Waals surface area contributed by atoms with Crippen molar-refractivity contribution < 1.29 is 5.11 Å². The van der Waals surface area contributed by atoms with E-state index in [1.54, 1.807) is 6.20 Å². The van der Waals surface area contributed by atoms with E-state index in [9.17, 15) is 5.11 Å². The third-order valence-corrected chi connectivity index (χ3v) is 3.27. The Bertz CT molecular complexity index is 320. The fraction of sp³-hybridized carbons (Fsp3) is 0.615. The smallest absolute Gasteiger partial charge is 0.0774 e. The van der Waals surface area contributed by atoms with Crippen molar-refractivity contribution >= 4 is 0 Å². The summed E-state index contributed by atoms with van der Waals surface area (Å²) in [7, 11) is 2.06. The molecular weight excluding hydrogens is 200 g/mol. The predicted octanol–water partition coefficient (Wildman–Crippen LogP) is 1.82. The zero-order valence-corrected chi connectivity index (χ0v) is 9.89. The van der Waals surface area contributed by atoms with Crippen LogP contribution in [0.3, 0.4) is 0 Å². The van der Waals surface area contributed by atoms with Gasteiger partial charge in [-0.25, -0.2) is 0 Å². The molecule has 1 aliphatic carbocycles. The van der Waals surface area contributed by atoms with E-state index in [4.69, 9.17) is 0 Å². The molecule has 1 N–H and O–H groups in total. The molecule has 1 aromatic rings. The molecule has 1 heterocycles. The molecule has 0 spiro atoms. The van der Waals surface area contributed by atoms with Crippen molar-refractivity contribution in [1.29, 1.82) is 0 Å². The summed E-state index contributed by atoms with van der Waals surface area (Å²) in [6, 6.07) is 4.02. The number of aliphatic hydroxyl groups is 1. The van der Waals surface area contributed by atoms with Crippen molar-refractivity contribution in [2.24, 2.45) is 0 Å². The maximum Gasteiger partial charge on any atom is 0.0774 e. The first-order valence-corrected chi connectivity index (χ1v) is 5.98. The quantitative estimate of drug-likeness (QED) is 0.841. The number of pyridine rings is 1. The third-order valence-electron chi connectivity index (χ3n) is 3.27. The Balaban J connectivity index is 1.86. The van der Waals surface area contributed by atoms with Crippen molar-refractivity contribution in [3.63, 3.8) is 0 Å². The van der Waals surface area contributed by atoms with Crippen LogP contribution in [0.2, 0.25) is 0 Å². The van der Waals surface area contributed by atoms with Crippen molar-refractivity contribution in [3.05, 3.63) is 30.1 Å². The molecule has 1 aromatic heterocycles. The lowest BCUT2D eigenvalue weighted by atomic mass is 10.0. The van der Waals surface area contributed by atoms with Gasteiger partial charge in [0.2, 0.25) is 0 Å². The van der Waals surface area contributed by atoms with E-state index in [0.717, 1.165) is 38.8 Å². The van der Waals surface area contributed by atoms with E-state index in [0.29, 0.717) is 0 Å². The van der Waals surface area contributed by atoms with E-state index < -0.39 is 5.60 Å². The SMILES string of the molecule is CN(Cc1cccnc1)CC1(O)CCCC1. The third kappa shape index (κ3) is 3.03. The van der Waals surface area contributed by atoms with Crippen LogP contribution in [0.25, 0.3) is 0 Å². The Morgan fingerprint density at radius 3 is 2.81 bits per heavy atom. The monoisotopic (exact) mass is 220 g/mol. The molecule has 2 rings (SSSR count). The van der Waals surface area contributed by atoms with Crippen LogP contribution in [-0.2, 0) is 6.54 Å². The minimum atomic E-state index is -0.447. The lowest BCUT2D eigenvalue weighted by Crippen LogP contribution is -2.38. The van der Waals surface area contributed by atoms with Crippen LogP contribution in [-0.4, -0.2) is 34.2 Å². The molecule has 0 unspecified atom stereocenters. The second kappa shape index (κ2) is 4.93. The highest BCUT2D eigenvalue weighted by molar-refractivity contribution is 5.08. The summed E-state index contributed by atoms with van der Waals surface area (Å²) in [6.45, 7) is 1.62. The fourth-order valence-corrected chi connectivity index (χ4v) is 2.55. The highest BCUT2D eigenvalue weighted by Crippen LogP contribution is 2.30. The van der Waals surface area contributed by atoms with Gasteiger partial charge >= 0.3 is 0 Å². The molecule has 0 radical (unpaired) electrons. The van der Waals surface area contributed by atoms with Gasteiger partial charge in [0.25, 0.3) is 0 Å². The van der Waals surface area contributed by atoms with Crippen molar-refractivity contribution in [3.8, 4) is 0 Å². The van der Waals surface area contributed by atoms with Gasteiger partial charge in [-0.3, -0.25) is 9.88 Å². The summed E-state index contributed by atoms with van der Waals surface area (Å²) in [5.41, 5.74) is 0.753. The van der Waals surface area contributed by atoms with E-state index in [1.807, 2.05) is 12.3 Å². The summed E-state index contributed by atoms with van der Waals surface area (Å²) >= 11 is 0. The van der Waals surface area contributed by atoms with Gasteiger partial charge in [0, 0.05) is 25.5 Å². The Kier molecular flexibility index (Phi) is 3.56. The Morgan fingerprint density at radius 2 is 2.19 bits per heavy atom. The van der Waals surface area contributed by atoms with Gasteiger partial charge in [-0.05, 0) is 31.5 Å². The Labute approximate surface area is 97.1 Å². The summed E-state index contributed by atoms with van der Waals surface area (Å²) < 4.78 is 0. The normalized spacial score (nSPS) is 19.2. The number of hydrogen-bond acceptors (Lipinski definition) is 3. The average molecular weight is 220 g/mol. The lowest BCUT2D eigenvalue weighted by molar-refractivity contribution is 0.0145. The largest absolute Gasteiger partial charge is 0.389 e. The molecule has 0 amide bonds. The number of aromatic nitrogens is 1. The number of nitrogens with zero attached hydrogens (tertiary/aromatic N) is 2. The van der Waals surface area contributed by atoms with Crippen molar-refractivity contribution in [2.45, 2.75) is 37.8 Å². The summed E-state index contributed by atoms with van der Waals surface area (Å²) in [6.07, 6.45) is 7.90. The van der Waals surface area contributed by atoms with Crippen molar-refractivity contribution in [1.82, 2.24) is 9.88 Å². The molecule has 0 atom stereocenters. The highest BCUT2D eigenvalue weighted by Gasteiger charge is 2.31. The summed E-state index contributed by atoms with van der Waals surface area (Å²) in [4.78, 5) is 6.28. The molecule has 0 bridgehead atoms. The zero-order valence-electron chi connectivity index (χ0n) is 9.89. The van der Waals surface area contributed by atoms with Crippen LogP contribution in [0, 0.1) is 0 Å². The first-order valence-electron chi connectivity index (χ1n) is 5.98. The molecule has 0 saturated heterocycles. The zero-order chi connectivity index (χ0) is 11.4. The molecular formula is C13H20N2O. The van der Waals surface area contributed by atoms with Crippen molar-refractivity contribution in [2.75, 3.05) is 13.6 Å². The molecule has 1 aliphatic rings. The number of likely N-dealkylation sites (N-methyl/N-ethyl adjacent to an activating group) is 1. The van der Waals surface area contributed by atoms with Gasteiger partial charge in [0.05, 0.1) is 5.60 Å². The molecule has 1 fully saturated rings. The van der Waals surface area contributed by atoms with Crippen LogP contribution in [0.15, 0.2) is 24.5 Å². The van der Waals surface area contributed by atoms with Gasteiger partial charge < -0.3 is 5.11 Å². The van der Waals surface area contributed by atoms with E-state index in [1.165, 1.54) is 5.56 Å². The van der Waals surface area contributed by atoms with E-state index >= 15 is 0 Å². The average Bonchev–Trinajstić information content (AvgIpc) is 2.66. The van der Waals surface area contributed by atoms with Gasteiger partial charge in [-0.2, -0.15) is 0 Å². The van der Waals surface area contributed by atoms with Crippen LogP contribution in [0.4, 0.5) is 0 Å². The minimum absolute atomic E-state index is 0.447. The van der Waals surface area contributed by atoms with Gasteiger partial charge in [-0.15, -0.1) is 0 Å². The molecule has 0 aliphatic heterocycles. The van der Waals surface area contributed by atoms with Gasteiger partial charge in [0.1, 0.15) is 0 Å². The topological polar surface area (TPSA) is 36.4 Å². The van der Waals surface area contributed by atoms with Crippen LogP contribution in [0.5, 0.6) is 0 Å². The maximum absolute atomic E-state index is 10.3. The van der Waals surface area contributed by atoms with E-state index in [-0.39, 0.29) is 0 Å². The molecule has 3 nitrogen and oxygen atoms in total. The van der Waals surface area contributed by atoms with Crippen LogP contribution >= 0.6 is 0 Å². The molecule has 3 heteroatoms. The lowest BCUT2D eigenvalue weighted by Gasteiger charge is -2.28. The fourth-order valence-electron chi connectivity index (χ4n) is 2.55. The van der Waals surface area contributed by atoms with Crippen LogP contribution < -0.4 is 0 Å². The molecule has 1 saturated carbocycles. The second-order valence-corrected chi connectivity index (χ2v) is 4.97. The first kappa shape index (κ1) is 11.6. The summed E-state index contributed by atoms with van der Waals surface area (Å²) in [5, 5.41) is 10.3. The standard InChI is InChI=1S/C13H20N2O/c1-15(10-12-5-4-8-14-9-12)11-13(16)6-2-3-7-13/h4-5,8-9,16H,2-3,6-7,10-11H2,1H3. The number of rotatable bonds is 4. The molecule has 88 valence electrons. The van der Waals surface area contributed by atoms with Gasteiger partial charge in [-0.1, -0.05) is 18.9 Å². The summed E-state index contributed by atoms with van der Waals surface area (Å²) in [5.74, 6) is 0. The highest BCUT2D eigenvalue weighted by atomic mass is 16.3. The second-order valence-electron chi connectivity index (χ2n) is 4.97. The predicted molar refractivity (Wildman–Crippen MR) is 64.0 cm³/mol. The molecule has 0 aromatic carbocycles. The number of hydrogen-bond donors (Lipinski definition) is 1.